The van der Waals surface area contributed by atoms with Crippen molar-refractivity contribution in [3.8, 4) is 0 Å². The third-order valence-corrected chi connectivity index (χ3v) is 5.26. The van der Waals surface area contributed by atoms with Crippen molar-refractivity contribution in [3.63, 3.8) is 0 Å². The van der Waals surface area contributed by atoms with E-state index in [2.05, 4.69) is 14.8 Å². The summed E-state index contributed by atoms with van der Waals surface area (Å²) < 4.78 is 41.6. The quantitative estimate of drug-likeness (QED) is 0.798. The molecule has 3 aliphatic rings. The summed E-state index contributed by atoms with van der Waals surface area (Å²) in [6.07, 6.45) is 7.03. The number of anilines is 1. The minimum absolute atomic E-state index is 0.183. The van der Waals surface area contributed by atoms with Crippen LogP contribution in [0.1, 0.15) is 24.2 Å². The second kappa shape index (κ2) is 5.80. The molecule has 5 nitrogen and oxygen atoms in total. The first-order chi connectivity index (χ1) is 13.0. The molecule has 1 aromatic heterocycles. The lowest BCUT2D eigenvalue weighted by Gasteiger charge is -2.41. The van der Waals surface area contributed by atoms with Gasteiger partial charge in [0.15, 0.2) is 6.29 Å². The molecule has 1 fully saturated rings. The van der Waals surface area contributed by atoms with E-state index in [9.17, 15) is 13.2 Å². The largest absolute Gasteiger partial charge is 0.416 e. The number of nitrogens with zero attached hydrogens (tertiary/aromatic N) is 5. The van der Waals surface area contributed by atoms with Crippen molar-refractivity contribution in [1.29, 1.82) is 0 Å². The van der Waals surface area contributed by atoms with Crippen molar-refractivity contribution in [2.75, 3.05) is 11.4 Å². The summed E-state index contributed by atoms with van der Waals surface area (Å²) in [5.41, 5.74) is 1.08. The Morgan fingerprint density at radius 2 is 2.07 bits per heavy atom. The van der Waals surface area contributed by atoms with Gasteiger partial charge in [0.2, 0.25) is 0 Å². The molecule has 0 bridgehead atoms. The van der Waals surface area contributed by atoms with Gasteiger partial charge in [0, 0.05) is 42.7 Å². The Labute approximate surface area is 154 Å². The normalized spacial score (nSPS) is 21.5. The Hall–Kier alpha value is -2.90. The molecule has 0 aliphatic carbocycles. The van der Waals surface area contributed by atoms with Gasteiger partial charge >= 0.3 is 6.18 Å². The maximum absolute atomic E-state index is 13.2. The van der Waals surface area contributed by atoms with Crippen LogP contribution in [0.15, 0.2) is 54.8 Å². The minimum Gasteiger partial charge on any atom is -0.336 e. The highest BCUT2D eigenvalue weighted by Gasteiger charge is 2.40. The molecule has 1 aromatic carbocycles. The average molecular weight is 373 g/mol. The lowest BCUT2D eigenvalue weighted by atomic mass is 10.2. The molecule has 3 aliphatic heterocycles. The zero-order valence-electron chi connectivity index (χ0n) is 14.5. The van der Waals surface area contributed by atoms with E-state index in [1.807, 2.05) is 34.1 Å². The van der Waals surface area contributed by atoms with E-state index >= 15 is 0 Å². The summed E-state index contributed by atoms with van der Waals surface area (Å²) in [6.45, 7) is 1.50. The van der Waals surface area contributed by atoms with Gasteiger partial charge in [-0.1, -0.05) is 6.07 Å². The number of imidazole rings is 1. The van der Waals surface area contributed by atoms with Crippen LogP contribution in [0.3, 0.4) is 0 Å². The molecule has 0 spiro atoms. The molecule has 1 unspecified atom stereocenters. The summed E-state index contributed by atoms with van der Waals surface area (Å²) in [4.78, 5) is 10.6. The fraction of sp³-hybridized carbons (Fsp3) is 0.316. The van der Waals surface area contributed by atoms with Crippen LogP contribution in [0.4, 0.5) is 18.9 Å². The molecule has 0 amide bonds. The molecule has 27 heavy (non-hydrogen) atoms. The highest BCUT2D eigenvalue weighted by atomic mass is 19.4. The summed E-state index contributed by atoms with van der Waals surface area (Å²) in [7, 11) is 0. The van der Waals surface area contributed by atoms with Gasteiger partial charge < -0.3 is 19.3 Å². The summed E-state index contributed by atoms with van der Waals surface area (Å²) in [5.74, 6) is 0.879. The van der Waals surface area contributed by atoms with Crippen LogP contribution in [-0.4, -0.2) is 32.2 Å². The zero-order valence-corrected chi connectivity index (χ0v) is 14.5. The smallest absolute Gasteiger partial charge is 0.336 e. The van der Waals surface area contributed by atoms with Crippen molar-refractivity contribution in [2.45, 2.75) is 32.0 Å². The van der Waals surface area contributed by atoms with Crippen LogP contribution in [0.25, 0.3) is 6.08 Å². The van der Waals surface area contributed by atoms with Gasteiger partial charge in [0.25, 0.3) is 0 Å². The summed E-state index contributed by atoms with van der Waals surface area (Å²) in [5, 5.41) is 0. The second-order valence-electron chi connectivity index (χ2n) is 6.95. The molecule has 2 aromatic rings. The Bertz CT molecular complexity index is 929. The van der Waals surface area contributed by atoms with Crippen LogP contribution in [-0.2, 0) is 12.8 Å². The third-order valence-electron chi connectivity index (χ3n) is 5.26. The molecule has 5 rings (SSSR count). The summed E-state index contributed by atoms with van der Waals surface area (Å²) in [6, 6.07) is 5.54. The third kappa shape index (κ3) is 2.67. The average Bonchev–Trinajstić information content (AvgIpc) is 3.35. The van der Waals surface area contributed by atoms with E-state index in [4.69, 9.17) is 0 Å². The number of hydrogen-bond donors (Lipinski definition) is 0. The Morgan fingerprint density at radius 3 is 2.93 bits per heavy atom. The molecule has 0 saturated carbocycles. The van der Waals surface area contributed by atoms with E-state index in [0.29, 0.717) is 12.4 Å². The Kier molecular flexibility index (Phi) is 3.50. The minimum atomic E-state index is -4.36. The molecule has 8 heteroatoms. The highest BCUT2D eigenvalue weighted by Crippen LogP contribution is 2.39. The van der Waals surface area contributed by atoms with Gasteiger partial charge in [-0.25, -0.2) is 4.98 Å². The Balaban J connectivity index is 1.52. The number of halogens is 3. The van der Waals surface area contributed by atoms with Crippen LogP contribution in [0.5, 0.6) is 0 Å². The first-order valence-electron chi connectivity index (χ1n) is 8.89. The molecule has 4 heterocycles. The Morgan fingerprint density at radius 1 is 1.19 bits per heavy atom. The van der Waals surface area contributed by atoms with E-state index in [0.717, 1.165) is 31.3 Å². The van der Waals surface area contributed by atoms with Gasteiger partial charge in [-0.3, -0.25) is 0 Å². The van der Waals surface area contributed by atoms with Crippen molar-refractivity contribution in [3.05, 3.63) is 66.1 Å². The monoisotopic (exact) mass is 373 g/mol. The SMILES string of the molecule is FC(F)(F)c1cccc(N2C=C3CCCN3C2N2C=Cc3nccn3C2)c1. The molecule has 140 valence electrons. The first-order valence-corrected chi connectivity index (χ1v) is 8.89. The topological polar surface area (TPSA) is 27.5 Å². The number of rotatable bonds is 2. The number of allylic oxidation sites excluding steroid dienone is 1. The molecular formula is C19H18F3N5. The maximum atomic E-state index is 13.2. The van der Waals surface area contributed by atoms with Gasteiger partial charge in [-0.15, -0.1) is 0 Å². The number of alkyl halides is 3. The molecule has 0 N–H and O–H groups in total. The van der Waals surface area contributed by atoms with E-state index in [1.165, 1.54) is 17.8 Å². The van der Waals surface area contributed by atoms with Gasteiger partial charge in [-0.05, 0) is 37.1 Å². The predicted octanol–water partition coefficient (Wildman–Crippen LogP) is 3.89. The summed E-state index contributed by atoms with van der Waals surface area (Å²) >= 11 is 0. The van der Waals surface area contributed by atoms with E-state index in [-0.39, 0.29) is 6.29 Å². The first kappa shape index (κ1) is 16.3. The molecule has 0 radical (unpaired) electrons. The highest BCUT2D eigenvalue weighted by molar-refractivity contribution is 5.55. The second-order valence-corrected chi connectivity index (χ2v) is 6.95. The van der Waals surface area contributed by atoms with Gasteiger partial charge in [0.05, 0.1) is 12.2 Å². The fourth-order valence-corrected chi connectivity index (χ4v) is 4.02. The van der Waals surface area contributed by atoms with Crippen LogP contribution in [0, 0.1) is 0 Å². The number of aromatic nitrogens is 2. The van der Waals surface area contributed by atoms with Gasteiger partial charge in [-0.2, -0.15) is 13.2 Å². The maximum Gasteiger partial charge on any atom is 0.416 e. The van der Waals surface area contributed by atoms with Crippen LogP contribution >= 0.6 is 0 Å². The van der Waals surface area contributed by atoms with Crippen molar-refractivity contribution >= 4 is 11.8 Å². The van der Waals surface area contributed by atoms with E-state index in [1.54, 1.807) is 12.3 Å². The number of benzene rings is 1. The molecular weight excluding hydrogens is 355 g/mol. The molecule has 1 saturated heterocycles. The lowest BCUT2D eigenvalue weighted by Crippen LogP contribution is -2.51. The predicted molar refractivity (Wildman–Crippen MR) is 94.8 cm³/mol. The van der Waals surface area contributed by atoms with Crippen molar-refractivity contribution in [2.24, 2.45) is 0 Å². The fourth-order valence-electron chi connectivity index (χ4n) is 4.02. The number of hydrogen-bond acceptors (Lipinski definition) is 4. The van der Waals surface area contributed by atoms with Crippen molar-refractivity contribution in [1.82, 2.24) is 19.4 Å². The lowest BCUT2D eigenvalue weighted by molar-refractivity contribution is -0.137. The number of fused-ring (bicyclic) bond motifs is 2. The molecule has 1 atom stereocenters. The van der Waals surface area contributed by atoms with Crippen molar-refractivity contribution < 1.29 is 13.2 Å². The van der Waals surface area contributed by atoms with Gasteiger partial charge in [0.1, 0.15) is 5.82 Å². The van der Waals surface area contributed by atoms with Crippen LogP contribution in [0.2, 0.25) is 0 Å². The van der Waals surface area contributed by atoms with Crippen LogP contribution < -0.4 is 4.90 Å². The standard InChI is InChI=1S/C19H18F3N5/c20-19(21,22)14-3-1-4-15(11-14)27-12-16-5-2-8-26(16)18(27)25-9-6-17-23-7-10-24(17)13-25/h1,3-4,6-7,9-12,18H,2,5,8,13H2. The zero-order chi connectivity index (χ0) is 18.6. The van der Waals surface area contributed by atoms with E-state index < -0.39 is 11.7 Å².